The van der Waals surface area contributed by atoms with Gasteiger partial charge in [0.25, 0.3) is 0 Å². The highest BCUT2D eigenvalue weighted by Gasteiger charge is 2.69. The SMILES string of the molecule is C[C@H]1[C@H](C)CC[C@]2(C(=O)O)CC[C@]3(C)C(=CC[C@@H]4[C@@]5(C)CC[C@H](OC(=O)C=Cc6ccc(O)cc6)C(C)(C)[C@@H]5CC[C@]43C)[C@H]12. The Morgan fingerprint density at radius 1 is 0.886 bits per heavy atom. The summed E-state index contributed by atoms with van der Waals surface area (Å²) in [5.41, 5.74) is 1.81. The molecular weight excluding hydrogens is 548 g/mol. The Hall–Kier alpha value is -2.56. The number of aromatic hydroxyl groups is 1. The Labute approximate surface area is 264 Å². The van der Waals surface area contributed by atoms with Crippen LogP contribution in [0.25, 0.3) is 6.08 Å². The highest BCUT2D eigenvalue weighted by atomic mass is 16.5. The summed E-state index contributed by atoms with van der Waals surface area (Å²) in [4.78, 5) is 26.0. The second-order valence-electron chi connectivity index (χ2n) is 16.8. The van der Waals surface area contributed by atoms with Gasteiger partial charge in [-0.25, -0.2) is 4.79 Å². The molecule has 4 saturated carbocycles. The molecule has 0 aliphatic heterocycles. The molecule has 0 bridgehead atoms. The third-order valence-corrected chi connectivity index (χ3v) is 14.9. The summed E-state index contributed by atoms with van der Waals surface area (Å²) in [6.45, 7) is 16.9. The molecule has 0 aromatic heterocycles. The number of phenolic OH excluding ortho intramolecular Hbond substituents is 1. The molecule has 0 heterocycles. The zero-order chi connectivity index (χ0) is 31.9. The lowest BCUT2D eigenvalue weighted by Crippen LogP contribution is -2.65. The maximum absolute atomic E-state index is 13.0. The van der Waals surface area contributed by atoms with Gasteiger partial charge in [0.2, 0.25) is 0 Å². The van der Waals surface area contributed by atoms with E-state index in [-0.39, 0.29) is 45.4 Å². The molecule has 2 N–H and O–H groups in total. The van der Waals surface area contributed by atoms with Gasteiger partial charge in [-0.15, -0.1) is 0 Å². The Kier molecular flexibility index (Phi) is 7.49. The number of carboxylic acid groups (broad SMARTS) is 1. The predicted molar refractivity (Wildman–Crippen MR) is 174 cm³/mol. The highest BCUT2D eigenvalue weighted by Crippen LogP contribution is 2.75. The molecule has 240 valence electrons. The molecule has 6 rings (SSSR count). The average Bonchev–Trinajstić information content (AvgIpc) is 2.96. The summed E-state index contributed by atoms with van der Waals surface area (Å²) in [5.74, 6) is 1.34. The van der Waals surface area contributed by atoms with E-state index in [1.165, 1.54) is 11.6 Å². The Morgan fingerprint density at radius 2 is 1.59 bits per heavy atom. The molecule has 0 amide bonds. The van der Waals surface area contributed by atoms with Gasteiger partial charge < -0.3 is 14.9 Å². The molecule has 44 heavy (non-hydrogen) atoms. The van der Waals surface area contributed by atoms with Crippen LogP contribution in [0, 0.1) is 56.7 Å². The Morgan fingerprint density at radius 3 is 2.27 bits per heavy atom. The fourth-order valence-corrected chi connectivity index (χ4v) is 12.0. The molecule has 5 aliphatic carbocycles. The van der Waals surface area contributed by atoms with Crippen LogP contribution in [0.4, 0.5) is 0 Å². The van der Waals surface area contributed by atoms with Crippen LogP contribution in [-0.4, -0.2) is 28.3 Å². The van der Waals surface area contributed by atoms with Crippen molar-refractivity contribution in [2.75, 3.05) is 0 Å². The largest absolute Gasteiger partial charge is 0.508 e. The van der Waals surface area contributed by atoms with Crippen LogP contribution in [-0.2, 0) is 14.3 Å². The second-order valence-corrected chi connectivity index (χ2v) is 16.8. The van der Waals surface area contributed by atoms with Crippen molar-refractivity contribution in [2.24, 2.45) is 56.7 Å². The molecule has 10 atom stereocenters. The number of rotatable bonds is 4. The fourth-order valence-electron chi connectivity index (χ4n) is 12.0. The quantitative estimate of drug-likeness (QED) is 0.204. The van der Waals surface area contributed by atoms with Crippen molar-refractivity contribution in [1.29, 1.82) is 0 Å². The topological polar surface area (TPSA) is 83.8 Å². The van der Waals surface area contributed by atoms with Crippen LogP contribution >= 0.6 is 0 Å². The number of hydrogen-bond acceptors (Lipinski definition) is 4. The van der Waals surface area contributed by atoms with Crippen LogP contribution in [0.2, 0.25) is 0 Å². The Balaban J connectivity index is 1.27. The van der Waals surface area contributed by atoms with Gasteiger partial charge in [0.1, 0.15) is 11.9 Å². The van der Waals surface area contributed by atoms with E-state index in [9.17, 15) is 19.8 Å². The summed E-state index contributed by atoms with van der Waals surface area (Å²) in [6, 6.07) is 6.79. The van der Waals surface area contributed by atoms with E-state index in [1.54, 1.807) is 30.3 Å². The number of hydrogen-bond donors (Lipinski definition) is 2. The third-order valence-electron chi connectivity index (χ3n) is 14.9. The standard InChI is InChI=1S/C39H54O5/c1-24-16-21-39(34(42)43)23-22-37(6)28(33(39)25(24)2)13-14-30-36(5)19-18-31(35(3,4)29(36)17-20-38(30,37)7)44-32(41)15-10-26-8-11-27(40)12-9-26/h8-13,15,24-25,29-31,33,40H,14,16-23H2,1-7H3,(H,42,43)/t24-,25+,29+,30-,31+,33+,36+,37-,38-,39+/m1/s1. The number of phenols is 1. The number of carbonyl (C=O) groups excluding carboxylic acids is 1. The first-order valence-electron chi connectivity index (χ1n) is 17.2. The molecule has 5 aliphatic rings. The minimum Gasteiger partial charge on any atom is -0.508 e. The zero-order valence-electron chi connectivity index (χ0n) is 28.0. The number of carboxylic acids is 1. The summed E-state index contributed by atoms with van der Waals surface area (Å²) in [7, 11) is 0. The van der Waals surface area contributed by atoms with Gasteiger partial charge in [0.05, 0.1) is 5.41 Å². The maximum atomic E-state index is 13.0. The fraction of sp³-hybridized carbons (Fsp3) is 0.692. The maximum Gasteiger partial charge on any atom is 0.331 e. The average molecular weight is 603 g/mol. The van der Waals surface area contributed by atoms with Gasteiger partial charge in [-0.05, 0) is 127 Å². The molecule has 4 fully saturated rings. The van der Waals surface area contributed by atoms with Gasteiger partial charge in [-0.2, -0.15) is 0 Å². The van der Waals surface area contributed by atoms with E-state index in [2.05, 4.69) is 54.5 Å². The van der Waals surface area contributed by atoms with Gasteiger partial charge in [0.15, 0.2) is 0 Å². The van der Waals surface area contributed by atoms with Gasteiger partial charge in [-0.1, -0.05) is 72.2 Å². The minimum atomic E-state index is -0.609. The first-order chi connectivity index (χ1) is 20.6. The van der Waals surface area contributed by atoms with E-state index >= 15 is 0 Å². The van der Waals surface area contributed by atoms with Crippen LogP contribution in [0.1, 0.15) is 112 Å². The van der Waals surface area contributed by atoms with Crippen molar-refractivity contribution in [3.63, 3.8) is 0 Å². The number of esters is 1. The Bertz CT molecular complexity index is 1370. The first-order valence-corrected chi connectivity index (χ1v) is 17.2. The van der Waals surface area contributed by atoms with Crippen LogP contribution < -0.4 is 0 Å². The first kappa shape index (κ1) is 31.4. The van der Waals surface area contributed by atoms with E-state index in [0.717, 1.165) is 63.4 Å². The van der Waals surface area contributed by atoms with Gasteiger partial charge in [-0.3, -0.25) is 4.79 Å². The molecule has 1 aromatic carbocycles. The summed E-state index contributed by atoms with van der Waals surface area (Å²) < 4.78 is 6.18. The molecule has 1 aromatic rings. The van der Waals surface area contributed by atoms with Gasteiger partial charge in [0, 0.05) is 11.5 Å². The van der Waals surface area contributed by atoms with Crippen LogP contribution in [0.3, 0.4) is 0 Å². The van der Waals surface area contributed by atoms with Gasteiger partial charge >= 0.3 is 11.9 Å². The lowest BCUT2D eigenvalue weighted by atomic mass is 9.33. The lowest BCUT2D eigenvalue weighted by molar-refractivity contribution is -0.213. The number of fused-ring (bicyclic) bond motifs is 7. The van der Waals surface area contributed by atoms with Crippen LogP contribution in [0.5, 0.6) is 5.75 Å². The number of ether oxygens (including phenoxy) is 1. The molecule has 0 unspecified atom stereocenters. The van der Waals surface area contributed by atoms with E-state index < -0.39 is 11.4 Å². The third kappa shape index (κ3) is 4.37. The van der Waals surface area contributed by atoms with Crippen molar-refractivity contribution < 1.29 is 24.5 Å². The second kappa shape index (κ2) is 10.5. The zero-order valence-corrected chi connectivity index (χ0v) is 28.0. The van der Waals surface area contributed by atoms with Crippen LogP contribution in [0.15, 0.2) is 42.0 Å². The smallest absolute Gasteiger partial charge is 0.331 e. The molecule has 5 nitrogen and oxygen atoms in total. The number of carbonyl (C=O) groups is 2. The van der Waals surface area contributed by atoms with E-state index in [4.69, 9.17) is 4.74 Å². The summed E-state index contributed by atoms with van der Waals surface area (Å²) in [6.07, 6.45) is 14.4. The van der Waals surface area contributed by atoms with E-state index in [0.29, 0.717) is 23.7 Å². The lowest BCUT2D eigenvalue weighted by Gasteiger charge is -2.71. The van der Waals surface area contributed by atoms with Crippen molar-refractivity contribution in [1.82, 2.24) is 0 Å². The van der Waals surface area contributed by atoms with Crippen molar-refractivity contribution in [2.45, 2.75) is 112 Å². The summed E-state index contributed by atoms with van der Waals surface area (Å²) >= 11 is 0. The number of benzene rings is 1. The molecule has 0 radical (unpaired) electrons. The van der Waals surface area contributed by atoms with Crippen molar-refractivity contribution in [3.8, 4) is 5.75 Å². The molecule has 5 heteroatoms. The van der Waals surface area contributed by atoms with E-state index in [1.807, 2.05) is 0 Å². The number of allylic oxidation sites excluding steroid dienone is 2. The predicted octanol–water partition coefficient (Wildman–Crippen LogP) is 9.06. The van der Waals surface area contributed by atoms with Crippen molar-refractivity contribution >= 4 is 18.0 Å². The molecule has 0 spiro atoms. The highest BCUT2D eigenvalue weighted by molar-refractivity contribution is 5.87. The van der Waals surface area contributed by atoms with Crippen molar-refractivity contribution in [3.05, 3.63) is 47.6 Å². The normalized spacial score (nSPS) is 44.4. The number of aliphatic carboxylic acids is 1. The summed E-state index contributed by atoms with van der Waals surface area (Å²) in [5, 5.41) is 20.2. The molecule has 0 saturated heterocycles. The monoisotopic (exact) mass is 602 g/mol. The molecular formula is C39H54O5. The minimum absolute atomic E-state index is 0.00527.